The number of aromatic hydroxyl groups is 2. The van der Waals surface area contributed by atoms with E-state index < -0.39 is 4.92 Å². The zero-order valence-electron chi connectivity index (χ0n) is 14.2. The van der Waals surface area contributed by atoms with Gasteiger partial charge in [-0.05, 0) is 37.6 Å². The summed E-state index contributed by atoms with van der Waals surface area (Å²) in [5, 5.41) is 27.7. The van der Waals surface area contributed by atoms with Crippen molar-refractivity contribution in [3.63, 3.8) is 0 Å². The standard InChI is InChI=1S/2C7H8O.C6H5NO2/c1-6-2-4-7(8)5-3-6;1-6-4-2-3-5-7(6)8;8-7(9)6-4-2-1-3-5-6/h2*2-5,8H,1H3;1-5H. The molecule has 25 heavy (non-hydrogen) atoms. The number of phenols is 2. The number of hydrogen-bond donors (Lipinski definition) is 2. The number of benzene rings is 3. The summed E-state index contributed by atoms with van der Waals surface area (Å²) in [4.78, 5) is 9.59. The average Bonchev–Trinajstić information content (AvgIpc) is 2.62. The number of para-hydroxylation sites is 2. The van der Waals surface area contributed by atoms with Crippen LogP contribution in [0.3, 0.4) is 0 Å². The first-order valence-electron chi connectivity index (χ1n) is 7.60. The third-order valence-corrected chi connectivity index (χ3v) is 3.12. The zero-order valence-corrected chi connectivity index (χ0v) is 14.2. The normalized spacial score (nSPS) is 9.04. The van der Waals surface area contributed by atoms with Gasteiger partial charge in [0.1, 0.15) is 11.5 Å². The summed E-state index contributed by atoms with van der Waals surface area (Å²) >= 11 is 0. The molecule has 0 radical (unpaired) electrons. The number of nitro benzene ring substituents is 1. The van der Waals surface area contributed by atoms with Crippen LogP contribution in [0.15, 0.2) is 78.9 Å². The predicted molar refractivity (Wildman–Crippen MR) is 98.8 cm³/mol. The van der Waals surface area contributed by atoms with E-state index in [0.717, 1.165) is 5.56 Å². The molecule has 3 rings (SSSR count). The summed E-state index contributed by atoms with van der Waals surface area (Å²) in [5.74, 6) is 0.697. The molecule has 3 aromatic carbocycles. The van der Waals surface area contributed by atoms with Crippen molar-refractivity contribution in [1.82, 2.24) is 0 Å². The SMILES string of the molecule is Cc1ccc(O)cc1.Cc1ccccc1O.O=[N+]([O-])c1ccccc1. The molecule has 0 fully saturated rings. The van der Waals surface area contributed by atoms with Gasteiger partial charge in [-0.3, -0.25) is 10.1 Å². The molecule has 0 aliphatic rings. The molecule has 0 bridgehead atoms. The van der Waals surface area contributed by atoms with Gasteiger partial charge in [-0.2, -0.15) is 0 Å². The van der Waals surface area contributed by atoms with E-state index >= 15 is 0 Å². The predicted octanol–water partition coefficient (Wildman–Crippen LogP) is 5.00. The van der Waals surface area contributed by atoms with Gasteiger partial charge in [-0.25, -0.2) is 0 Å². The maximum atomic E-state index is 10.0. The first kappa shape index (κ1) is 19.7. The highest BCUT2D eigenvalue weighted by Gasteiger charge is 1.98. The molecule has 2 N–H and O–H groups in total. The third kappa shape index (κ3) is 8.18. The quantitative estimate of drug-likeness (QED) is 0.483. The minimum atomic E-state index is -0.417. The molecule has 0 aliphatic heterocycles. The average molecular weight is 339 g/mol. The molecule has 0 amide bonds. The molecule has 5 heteroatoms. The Bertz CT molecular complexity index is 729. The molecule has 0 saturated heterocycles. The van der Waals surface area contributed by atoms with E-state index in [1.807, 2.05) is 44.2 Å². The summed E-state index contributed by atoms with van der Waals surface area (Å²) < 4.78 is 0. The molecule has 5 nitrogen and oxygen atoms in total. The highest BCUT2D eigenvalue weighted by molar-refractivity contribution is 5.30. The summed E-state index contributed by atoms with van der Waals surface area (Å²) in [6.07, 6.45) is 0. The van der Waals surface area contributed by atoms with Crippen molar-refractivity contribution in [1.29, 1.82) is 0 Å². The van der Waals surface area contributed by atoms with Crippen molar-refractivity contribution in [3.8, 4) is 11.5 Å². The minimum Gasteiger partial charge on any atom is -0.508 e. The Morgan fingerprint density at radius 3 is 1.64 bits per heavy atom. The number of nitrogens with zero attached hydrogens (tertiary/aromatic N) is 1. The summed E-state index contributed by atoms with van der Waals surface area (Å²) in [6, 6.07) is 22.3. The number of nitro groups is 1. The zero-order chi connectivity index (χ0) is 18.7. The first-order valence-corrected chi connectivity index (χ1v) is 7.60. The smallest absolute Gasteiger partial charge is 0.269 e. The van der Waals surface area contributed by atoms with Crippen LogP contribution in [0.1, 0.15) is 11.1 Å². The van der Waals surface area contributed by atoms with Crippen LogP contribution in [0.2, 0.25) is 0 Å². The van der Waals surface area contributed by atoms with Crippen molar-refractivity contribution < 1.29 is 15.1 Å². The number of phenolic OH excluding ortho intramolecular Hbond substituents is 2. The molecule has 3 aromatic rings. The van der Waals surface area contributed by atoms with Crippen molar-refractivity contribution in [3.05, 3.63) is 100 Å². The number of hydrogen-bond acceptors (Lipinski definition) is 4. The van der Waals surface area contributed by atoms with E-state index in [1.165, 1.54) is 17.7 Å². The van der Waals surface area contributed by atoms with E-state index in [0.29, 0.717) is 11.5 Å². The van der Waals surface area contributed by atoms with Gasteiger partial charge in [0.2, 0.25) is 0 Å². The van der Waals surface area contributed by atoms with E-state index in [2.05, 4.69) is 0 Å². The van der Waals surface area contributed by atoms with Gasteiger partial charge in [0, 0.05) is 12.1 Å². The number of rotatable bonds is 1. The van der Waals surface area contributed by atoms with Crippen molar-refractivity contribution in [2.24, 2.45) is 0 Å². The van der Waals surface area contributed by atoms with Crippen molar-refractivity contribution in [2.45, 2.75) is 13.8 Å². The molecule has 0 aliphatic carbocycles. The highest BCUT2D eigenvalue weighted by atomic mass is 16.6. The van der Waals surface area contributed by atoms with Crippen LogP contribution in [0.4, 0.5) is 5.69 Å². The van der Waals surface area contributed by atoms with E-state index in [1.54, 1.807) is 36.4 Å². The van der Waals surface area contributed by atoms with Crippen LogP contribution in [0.25, 0.3) is 0 Å². The van der Waals surface area contributed by atoms with Crippen molar-refractivity contribution in [2.75, 3.05) is 0 Å². The minimum absolute atomic E-state index is 0.137. The third-order valence-electron chi connectivity index (χ3n) is 3.12. The molecule has 130 valence electrons. The van der Waals surface area contributed by atoms with Gasteiger partial charge in [0.25, 0.3) is 5.69 Å². The van der Waals surface area contributed by atoms with Crippen molar-refractivity contribution >= 4 is 5.69 Å². The Morgan fingerprint density at radius 1 is 0.760 bits per heavy atom. The summed E-state index contributed by atoms with van der Waals surface area (Å²) in [6.45, 7) is 3.86. The fourth-order valence-corrected chi connectivity index (χ4v) is 1.66. The molecule has 0 atom stereocenters. The fraction of sp³-hybridized carbons (Fsp3) is 0.100. The Labute approximate surface area is 147 Å². The number of non-ortho nitro benzene ring substituents is 1. The number of aryl methyl sites for hydroxylation is 2. The largest absolute Gasteiger partial charge is 0.508 e. The first-order chi connectivity index (χ1) is 11.9. The second-order valence-corrected chi connectivity index (χ2v) is 5.21. The van der Waals surface area contributed by atoms with Crippen LogP contribution in [-0.4, -0.2) is 15.1 Å². The van der Waals surface area contributed by atoms with E-state index in [4.69, 9.17) is 10.2 Å². The van der Waals surface area contributed by atoms with Gasteiger partial charge in [0.05, 0.1) is 4.92 Å². The lowest BCUT2D eigenvalue weighted by molar-refractivity contribution is -0.384. The second kappa shape index (κ2) is 10.4. The van der Waals surface area contributed by atoms with Gasteiger partial charge >= 0.3 is 0 Å². The van der Waals surface area contributed by atoms with Crippen LogP contribution >= 0.6 is 0 Å². The second-order valence-electron chi connectivity index (χ2n) is 5.21. The molecule has 0 spiro atoms. The molecule has 0 heterocycles. The Balaban J connectivity index is 0.000000188. The monoisotopic (exact) mass is 339 g/mol. The van der Waals surface area contributed by atoms with E-state index in [9.17, 15) is 10.1 Å². The molecular weight excluding hydrogens is 318 g/mol. The van der Waals surface area contributed by atoms with Gasteiger partial charge < -0.3 is 10.2 Å². The maximum absolute atomic E-state index is 10.0. The van der Waals surface area contributed by atoms with Crippen LogP contribution in [-0.2, 0) is 0 Å². The lowest BCUT2D eigenvalue weighted by Crippen LogP contribution is -1.84. The summed E-state index contributed by atoms with van der Waals surface area (Å²) in [7, 11) is 0. The molecular formula is C20H21NO4. The molecule has 0 unspecified atom stereocenters. The topological polar surface area (TPSA) is 83.6 Å². The Kier molecular flexibility index (Phi) is 8.23. The lowest BCUT2D eigenvalue weighted by atomic mass is 10.2. The van der Waals surface area contributed by atoms with E-state index in [-0.39, 0.29) is 5.69 Å². The lowest BCUT2D eigenvalue weighted by Gasteiger charge is -1.92. The van der Waals surface area contributed by atoms with Gasteiger partial charge in [0.15, 0.2) is 0 Å². The highest BCUT2D eigenvalue weighted by Crippen LogP contribution is 2.12. The summed E-state index contributed by atoms with van der Waals surface area (Å²) in [5.41, 5.74) is 2.23. The molecule has 0 aromatic heterocycles. The Hall–Kier alpha value is -3.34. The van der Waals surface area contributed by atoms with Crippen LogP contribution in [0, 0.1) is 24.0 Å². The fourth-order valence-electron chi connectivity index (χ4n) is 1.66. The maximum Gasteiger partial charge on any atom is 0.269 e. The van der Waals surface area contributed by atoms with Gasteiger partial charge in [-0.1, -0.05) is 54.1 Å². The van der Waals surface area contributed by atoms with Gasteiger partial charge in [-0.15, -0.1) is 0 Å². The van der Waals surface area contributed by atoms with Crippen LogP contribution in [0.5, 0.6) is 11.5 Å². The Morgan fingerprint density at radius 2 is 1.28 bits per heavy atom. The molecule has 0 saturated carbocycles. The van der Waals surface area contributed by atoms with Crippen LogP contribution < -0.4 is 0 Å².